The van der Waals surface area contributed by atoms with Crippen LogP contribution in [-0.4, -0.2) is 11.3 Å². The summed E-state index contributed by atoms with van der Waals surface area (Å²) in [4.78, 5) is 2.48. The maximum absolute atomic E-state index is 6.81. The van der Waals surface area contributed by atoms with E-state index in [2.05, 4.69) is 149 Å². The SMILES string of the molecule is c1ccc(N2c3cc4ccccc4cc3B3c4c2cc2c(oc5ccccc52)c4-c2cccc4c5ccccc5n3c24)cc1. The summed E-state index contributed by atoms with van der Waals surface area (Å²) in [5, 5.41) is 7.36. The minimum atomic E-state index is -0.0190. The van der Waals surface area contributed by atoms with Gasteiger partial charge in [-0.1, -0.05) is 103 Å². The van der Waals surface area contributed by atoms with Crippen LogP contribution in [0, 0.1) is 0 Å². The number of hydrogen-bond acceptors (Lipinski definition) is 2. The summed E-state index contributed by atoms with van der Waals surface area (Å²) in [6, 6.07) is 50.9. The monoisotopic (exact) mass is 558 g/mol. The van der Waals surface area contributed by atoms with Crippen LogP contribution in [0.3, 0.4) is 0 Å². The van der Waals surface area contributed by atoms with E-state index < -0.39 is 0 Å². The first-order valence-corrected chi connectivity index (χ1v) is 15.2. The number of para-hydroxylation sites is 4. The van der Waals surface area contributed by atoms with Crippen LogP contribution in [0.2, 0.25) is 0 Å². The van der Waals surface area contributed by atoms with Crippen LogP contribution in [0.15, 0.2) is 144 Å². The van der Waals surface area contributed by atoms with Gasteiger partial charge in [0, 0.05) is 60.8 Å². The van der Waals surface area contributed by atoms with Crippen molar-refractivity contribution in [2.45, 2.75) is 0 Å². The lowest BCUT2D eigenvalue weighted by Crippen LogP contribution is -2.56. The molecule has 4 heteroatoms. The Labute approximate surface area is 253 Å². The van der Waals surface area contributed by atoms with Crippen molar-refractivity contribution >= 4 is 89.4 Å². The van der Waals surface area contributed by atoms with Gasteiger partial charge in [0.15, 0.2) is 0 Å². The zero-order valence-corrected chi connectivity index (χ0v) is 23.7. The molecule has 3 nitrogen and oxygen atoms in total. The van der Waals surface area contributed by atoms with Crippen LogP contribution in [0.4, 0.5) is 17.1 Å². The Morgan fingerprint density at radius 3 is 2.16 bits per heavy atom. The van der Waals surface area contributed by atoms with Crippen molar-refractivity contribution in [3.8, 4) is 11.1 Å². The summed E-state index contributed by atoms with van der Waals surface area (Å²) in [5.74, 6) is 0. The third-order valence-electron chi connectivity index (χ3n) is 9.90. The van der Waals surface area contributed by atoms with Gasteiger partial charge in [-0.05, 0) is 58.1 Å². The maximum atomic E-state index is 6.81. The number of nitrogens with zero attached hydrogens (tertiary/aromatic N) is 2. The first kappa shape index (κ1) is 22.8. The molecule has 0 atom stereocenters. The molecule has 4 heterocycles. The van der Waals surface area contributed by atoms with Crippen LogP contribution in [0.5, 0.6) is 0 Å². The van der Waals surface area contributed by atoms with Crippen molar-refractivity contribution in [2.75, 3.05) is 4.90 Å². The standard InChI is InChI=1S/C40H23BN2O/c1-2-13-26(14-3-1)42-34-22-25-12-5-4-11-24(25)21-32(34)41-38-35(42)23-31-28-16-7-9-20-36(28)44-40(31)37(38)30-18-10-17-29-27-15-6-8-19-33(27)43(41)39(29)30/h1-23H. The third-order valence-corrected chi connectivity index (χ3v) is 9.90. The van der Waals surface area contributed by atoms with Gasteiger partial charge in [-0.15, -0.1) is 0 Å². The summed E-state index contributed by atoms with van der Waals surface area (Å²) in [6.07, 6.45) is 0. The lowest BCUT2D eigenvalue weighted by Gasteiger charge is -2.40. The molecule has 11 rings (SSSR count). The fraction of sp³-hybridized carbons (Fsp3) is 0. The Hall–Kier alpha value is -5.74. The number of hydrogen-bond donors (Lipinski definition) is 0. The Kier molecular flexibility index (Phi) is 4.15. The zero-order valence-electron chi connectivity index (χ0n) is 23.7. The predicted octanol–water partition coefficient (Wildman–Crippen LogP) is 9.26. The van der Waals surface area contributed by atoms with Crippen molar-refractivity contribution in [3.05, 3.63) is 140 Å². The summed E-state index contributed by atoms with van der Waals surface area (Å²) < 4.78 is 9.42. The highest BCUT2D eigenvalue weighted by molar-refractivity contribution is 6.90. The van der Waals surface area contributed by atoms with Crippen molar-refractivity contribution in [1.29, 1.82) is 0 Å². The molecule has 0 N–H and O–H groups in total. The molecule has 0 unspecified atom stereocenters. The van der Waals surface area contributed by atoms with Crippen LogP contribution >= 0.6 is 0 Å². The molecular weight excluding hydrogens is 535 g/mol. The summed E-state index contributed by atoms with van der Waals surface area (Å²) >= 11 is 0. The van der Waals surface area contributed by atoms with Gasteiger partial charge in [-0.3, -0.25) is 0 Å². The van der Waals surface area contributed by atoms with Gasteiger partial charge in [0.1, 0.15) is 11.2 Å². The van der Waals surface area contributed by atoms with Crippen molar-refractivity contribution in [3.63, 3.8) is 0 Å². The predicted molar refractivity (Wildman–Crippen MR) is 185 cm³/mol. The van der Waals surface area contributed by atoms with E-state index in [9.17, 15) is 0 Å². The van der Waals surface area contributed by atoms with E-state index in [0.29, 0.717) is 0 Å². The van der Waals surface area contributed by atoms with E-state index in [-0.39, 0.29) is 6.85 Å². The molecule has 2 aliphatic rings. The molecule has 0 spiro atoms. The molecule has 0 bridgehead atoms. The van der Waals surface area contributed by atoms with E-state index in [1.165, 1.54) is 66.0 Å². The van der Waals surface area contributed by atoms with Gasteiger partial charge < -0.3 is 13.8 Å². The van der Waals surface area contributed by atoms with E-state index in [4.69, 9.17) is 4.42 Å². The minimum Gasteiger partial charge on any atom is -0.455 e. The van der Waals surface area contributed by atoms with Crippen LogP contribution < -0.4 is 15.8 Å². The van der Waals surface area contributed by atoms with Crippen molar-refractivity contribution < 1.29 is 4.42 Å². The molecule has 44 heavy (non-hydrogen) atoms. The highest BCUT2D eigenvalue weighted by Gasteiger charge is 2.44. The molecule has 7 aromatic carbocycles. The van der Waals surface area contributed by atoms with Gasteiger partial charge in [0.05, 0.1) is 0 Å². The van der Waals surface area contributed by atoms with E-state index in [1.807, 2.05) is 0 Å². The number of fused-ring (bicyclic) bond motifs is 12. The Bertz CT molecular complexity index is 2680. The zero-order chi connectivity index (χ0) is 28.5. The number of furan rings is 1. The van der Waals surface area contributed by atoms with Gasteiger partial charge in [0.25, 0.3) is 0 Å². The first-order chi connectivity index (χ1) is 21.8. The first-order valence-electron chi connectivity index (χ1n) is 15.2. The molecular formula is C40H23BN2O. The number of aromatic nitrogens is 1. The van der Waals surface area contributed by atoms with Crippen LogP contribution in [0.25, 0.3) is 65.6 Å². The summed E-state index contributed by atoms with van der Waals surface area (Å²) in [7, 11) is 0. The second-order valence-corrected chi connectivity index (χ2v) is 12.1. The number of anilines is 3. The van der Waals surface area contributed by atoms with Gasteiger partial charge in [-0.25, -0.2) is 0 Å². The summed E-state index contributed by atoms with van der Waals surface area (Å²) in [5.41, 5.74) is 13.0. The Morgan fingerprint density at radius 1 is 0.545 bits per heavy atom. The molecule has 202 valence electrons. The summed E-state index contributed by atoms with van der Waals surface area (Å²) in [6.45, 7) is -0.0190. The second-order valence-electron chi connectivity index (χ2n) is 12.1. The third kappa shape index (κ3) is 2.70. The van der Waals surface area contributed by atoms with E-state index >= 15 is 0 Å². The molecule has 0 saturated heterocycles. The van der Waals surface area contributed by atoms with Gasteiger partial charge in [0.2, 0.25) is 0 Å². The fourth-order valence-corrected chi connectivity index (χ4v) is 8.18. The highest BCUT2D eigenvalue weighted by atomic mass is 16.3. The lowest BCUT2D eigenvalue weighted by atomic mass is 9.45. The van der Waals surface area contributed by atoms with Gasteiger partial charge in [-0.2, -0.15) is 0 Å². The van der Waals surface area contributed by atoms with E-state index in [0.717, 1.165) is 27.6 Å². The molecule has 0 saturated carbocycles. The molecule has 0 radical (unpaired) electrons. The van der Waals surface area contributed by atoms with Crippen molar-refractivity contribution in [1.82, 2.24) is 4.48 Å². The molecule has 0 amide bonds. The smallest absolute Gasteiger partial charge is 0.333 e. The molecule has 9 aromatic rings. The Morgan fingerprint density at radius 2 is 1.27 bits per heavy atom. The molecule has 2 aliphatic heterocycles. The van der Waals surface area contributed by atoms with E-state index in [1.54, 1.807) is 0 Å². The average molecular weight is 558 g/mol. The lowest BCUT2D eigenvalue weighted by molar-refractivity contribution is 0.670. The largest absolute Gasteiger partial charge is 0.455 e. The Balaban J connectivity index is 1.42. The molecule has 0 aliphatic carbocycles. The quantitative estimate of drug-likeness (QED) is 0.187. The highest BCUT2D eigenvalue weighted by Crippen LogP contribution is 2.49. The van der Waals surface area contributed by atoms with Crippen molar-refractivity contribution in [2.24, 2.45) is 0 Å². The van der Waals surface area contributed by atoms with Crippen LogP contribution in [-0.2, 0) is 0 Å². The average Bonchev–Trinajstić information content (AvgIpc) is 3.62. The van der Waals surface area contributed by atoms with Crippen LogP contribution in [0.1, 0.15) is 0 Å². The fourth-order valence-electron chi connectivity index (χ4n) is 8.18. The van der Waals surface area contributed by atoms with Gasteiger partial charge >= 0.3 is 6.85 Å². The number of rotatable bonds is 1. The number of benzene rings is 7. The second kappa shape index (κ2) is 8.00. The molecule has 2 aromatic heterocycles. The maximum Gasteiger partial charge on any atom is 0.333 e. The minimum absolute atomic E-state index is 0.0190. The molecule has 0 fully saturated rings. The topological polar surface area (TPSA) is 21.3 Å². The normalized spacial score (nSPS) is 13.4.